The van der Waals surface area contributed by atoms with Crippen molar-refractivity contribution in [1.82, 2.24) is 9.80 Å². The van der Waals surface area contributed by atoms with Crippen molar-refractivity contribution in [3.05, 3.63) is 64.2 Å². The Kier molecular flexibility index (Phi) is 7.09. The van der Waals surface area contributed by atoms with Crippen LogP contribution in [0.25, 0.3) is 0 Å². The van der Waals surface area contributed by atoms with Gasteiger partial charge in [0, 0.05) is 37.4 Å². The lowest BCUT2D eigenvalue weighted by molar-refractivity contribution is -0.117. The SMILES string of the molecule is CC(C)c1ccc(C(=O)N2CCN(CC(=O)Nc3ccc(C#N)c(Cl)c3)CC2)cc1. The van der Waals surface area contributed by atoms with E-state index >= 15 is 0 Å². The van der Waals surface area contributed by atoms with Gasteiger partial charge in [-0.1, -0.05) is 37.6 Å². The van der Waals surface area contributed by atoms with Crippen LogP contribution in [0, 0.1) is 11.3 Å². The Morgan fingerprint density at radius 1 is 1.10 bits per heavy atom. The third-order valence-corrected chi connectivity index (χ3v) is 5.54. The number of carbonyl (C=O) groups is 2. The Bertz CT molecular complexity index is 958. The van der Waals surface area contributed by atoms with Crippen molar-refractivity contribution < 1.29 is 9.59 Å². The van der Waals surface area contributed by atoms with Gasteiger partial charge in [-0.2, -0.15) is 5.26 Å². The number of hydrogen-bond acceptors (Lipinski definition) is 4. The maximum absolute atomic E-state index is 12.7. The zero-order valence-corrected chi connectivity index (χ0v) is 17.9. The minimum Gasteiger partial charge on any atom is -0.336 e. The van der Waals surface area contributed by atoms with Crippen molar-refractivity contribution >= 4 is 29.1 Å². The molecule has 0 atom stereocenters. The highest BCUT2D eigenvalue weighted by atomic mass is 35.5. The molecule has 1 aliphatic heterocycles. The number of piperazine rings is 1. The van der Waals surface area contributed by atoms with E-state index in [2.05, 4.69) is 19.2 Å². The predicted octanol–water partition coefficient (Wildman–Crippen LogP) is 3.73. The van der Waals surface area contributed by atoms with Crippen LogP contribution in [0.1, 0.15) is 41.3 Å². The first-order chi connectivity index (χ1) is 14.4. The van der Waals surface area contributed by atoms with Gasteiger partial charge in [0.25, 0.3) is 5.91 Å². The highest BCUT2D eigenvalue weighted by Gasteiger charge is 2.23. The summed E-state index contributed by atoms with van der Waals surface area (Å²) < 4.78 is 0. The first kappa shape index (κ1) is 21.8. The Hall–Kier alpha value is -2.88. The molecule has 0 spiro atoms. The summed E-state index contributed by atoms with van der Waals surface area (Å²) >= 11 is 6.00. The molecule has 7 heteroatoms. The molecule has 0 unspecified atom stereocenters. The largest absolute Gasteiger partial charge is 0.336 e. The van der Waals surface area contributed by atoms with Crippen LogP contribution in [-0.2, 0) is 4.79 Å². The van der Waals surface area contributed by atoms with E-state index in [4.69, 9.17) is 16.9 Å². The summed E-state index contributed by atoms with van der Waals surface area (Å²) in [7, 11) is 0. The third kappa shape index (κ3) is 5.38. The zero-order valence-electron chi connectivity index (χ0n) is 17.2. The summed E-state index contributed by atoms with van der Waals surface area (Å²) in [5.41, 5.74) is 2.84. The summed E-state index contributed by atoms with van der Waals surface area (Å²) in [5.74, 6) is 0.311. The minimum absolute atomic E-state index is 0.0293. The number of benzene rings is 2. The number of nitriles is 1. The normalized spacial score (nSPS) is 14.4. The van der Waals surface area contributed by atoms with Crippen molar-refractivity contribution in [3.8, 4) is 6.07 Å². The quantitative estimate of drug-likeness (QED) is 0.793. The number of nitrogens with zero attached hydrogens (tertiary/aromatic N) is 3. The summed E-state index contributed by atoms with van der Waals surface area (Å²) in [6, 6.07) is 14.6. The second kappa shape index (κ2) is 9.75. The van der Waals surface area contributed by atoms with Gasteiger partial charge < -0.3 is 10.2 Å². The van der Waals surface area contributed by atoms with Gasteiger partial charge in [0.05, 0.1) is 17.1 Å². The molecule has 156 valence electrons. The van der Waals surface area contributed by atoms with Crippen molar-refractivity contribution in [3.63, 3.8) is 0 Å². The van der Waals surface area contributed by atoms with E-state index in [1.54, 1.807) is 18.2 Å². The molecule has 3 rings (SSSR count). The van der Waals surface area contributed by atoms with Crippen LogP contribution in [0.5, 0.6) is 0 Å². The Labute approximate surface area is 182 Å². The molecule has 30 heavy (non-hydrogen) atoms. The smallest absolute Gasteiger partial charge is 0.253 e. The molecular weight excluding hydrogens is 400 g/mol. The second-order valence-electron chi connectivity index (χ2n) is 7.70. The van der Waals surface area contributed by atoms with Gasteiger partial charge in [0.15, 0.2) is 0 Å². The average molecular weight is 425 g/mol. The maximum atomic E-state index is 12.7. The number of anilines is 1. The van der Waals surface area contributed by atoms with Crippen LogP contribution in [-0.4, -0.2) is 54.3 Å². The molecule has 2 aromatic carbocycles. The van der Waals surface area contributed by atoms with Crippen molar-refractivity contribution in [1.29, 1.82) is 5.26 Å². The molecule has 0 aromatic heterocycles. The third-order valence-electron chi connectivity index (χ3n) is 5.22. The van der Waals surface area contributed by atoms with Gasteiger partial charge in [-0.05, 0) is 41.8 Å². The highest BCUT2D eigenvalue weighted by molar-refractivity contribution is 6.32. The Balaban J connectivity index is 1.49. The Morgan fingerprint density at radius 3 is 2.33 bits per heavy atom. The molecule has 1 heterocycles. The number of nitrogens with one attached hydrogen (secondary N) is 1. The molecule has 1 aliphatic rings. The fraction of sp³-hybridized carbons (Fsp3) is 0.348. The second-order valence-corrected chi connectivity index (χ2v) is 8.11. The molecular formula is C23H25ClN4O2. The summed E-state index contributed by atoms with van der Waals surface area (Å²) in [6.45, 7) is 6.93. The molecule has 2 aromatic rings. The topological polar surface area (TPSA) is 76.4 Å². The van der Waals surface area contributed by atoms with E-state index in [-0.39, 0.29) is 18.4 Å². The van der Waals surface area contributed by atoms with E-state index < -0.39 is 0 Å². The molecule has 1 fully saturated rings. The van der Waals surface area contributed by atoms with Crippen molar-refractivity contribution in [2.75, 3.05) is 38.0 Å². The summed E-state index contributed by atoms with van der Waals surface area (Å²) in [6.07, 6.45) is 0. The monoisotopic (exact) mass is 424 g/mol. The minimum atomic E-state index is -0.153. The fourth-order valence-corrected chi connectivity index (χ4v) is 3.61. The number of amides is 2. The van der Waals surface area contributed by atoms with Crippen molar-refractivity contribution in [2.45, 2.75) is 19.8 Å². The number of rotatable bonds is 5. The molecule has 2 amide bonds. The maximum Gasteiger partial charge on any atom is 0.253 e. The van der Waals surface area contributed by atoms with E-state index in [1.165, 1.54) is 5.56 Å². The standard InChI is InChI=1S/C23H25ClN4O2/c1-16(2)17-3-5-18(6-4-17)23(30)28-11-9-27(10-12-28)15-22(29)26-20-8-7-19(14-25)21(24)13-20/h3-8,13,16H,9-12,15H2,1-2H3,(H,26,29). The van der Waals surface area contributed by atoms with Gasteiger partial charge in [-0.3, -0.25) is 14.5 Å². The summed E-state index contributed by atoms with van der Waals surface area (Å²) in [4.78, 5) is 28.9. The molecule has 0 aliphatic carbocycles. The number of hydrogen-bond donors (Lipinski definition) is 1. The van der Waals surface area contributed by atoms with Crippen LogP contribution < -0.4 is 5.32 Å². The lowest BCUT2D eigenvalue weighted by Crippen LogP contribution is -2.50. The molecule has 0 saturated carbocycles. The molecule has 0 radical (unpaired) electrons. The first-order valence-electron chi connectivity index (χ1n) is 9.98. The van der Waals surface area contributed by atoms with Crippen LogP contribution in [0.2, 0.25) is 5.02 Å². The molecule has 1 N–H and O–H groups in total. The van der Waals surface area contributed by atoms with Gasteiger partial charge in [0.1, 0.15) is 6.07 Å². The van der Waals surface area contributed by atoms with Gasteiger partial charge in [0.2, 0.25) is 5.91 Å². The van der Waals surface area contributed by atoms with E-state index in [0.29, 0.717) is 53.9 Å². The zero-order chi connectivity index (χ0) is 21.7. The molecule has 1 saturated heterocycles. The van der Waals surface area contributed by atoms with E-state index in [0.717, 1.165) is 0 Å². The van der Waals surface area contributed by atoms with E-state index in [9.17, 15) is 9.59 Å². The number of carbonyl (C=O) groups excluding carboxylic acids is 2. The van der Waals surface area contributed by atoms with Gasteiger partial charge >= 0.3 is 0 Å². The Morgan fingerprint density at radius 2 is 1.77 bits per heavy atom. The van der Waals surface area contributed by atoms with Crippen LogP contribution >= 0.6 is 11.6 Å². The lowest BCUT2D eigenvalue weighted by atomic mass is 10.0. The first-order valence-corrected chi connectivity index (χ1v) is 10.4. The average Bonchev–Trinajstić information content (AvgIpc) is 2.74. The van der Waals surface area contributed by atoms with Gasteiger partial charge in [-0.15, -0.1) is 0 Å². The fourth-order valence-electron chi connectivity index (χ4n) is 3.39. The van der Waals surface area contributed by atoms with Crippen molar-refractivity contribution in [2.24, 2.45) is 0 Å². The van der Waals surface area contributed by atoms with Crippen LogP contribution in [0.3, 0.4) is 0 Å². The van der Waals surface area contributed by atoms with Gasteiger partial charge in [-0.25, -0.2) is 0 Å². The predicted molar refractivity (Wildman–Crippen MR) is 118 cm³/mol. The van der Waals surface area contributed by atoms with Crippen LogP contribution in [0.4, 0.5) is 5.69 Å². The summed E-state index contributed by atoms with van der Waals surface area (Å²) in [5, 5.41) is 12.0. The van der Waals surface area contributed by atoms with Crippen LogP contribution in [0.15, 0.2) is 42.5 Å². The molecule has 0 bridgehead atoms. The lowest BCUT2D eigenvalue weighted by Gasteiger charge is -2.34. The molecule has 6 nitrogen and oxygen atoms in total. The number of halogens is 1. The highest BCUT2D eigenvalue weighted by Crippen LogP contribution is 2.20. The van der Waals surface area contributed by atoms with E-state index in [1.807, 2.05) is 40.1 Å².